The molecule has 22 heavy (non-hydrogen) atoms. The predicted octanol–water partition coefficient (Wildman–Crippen LogP) is 6.93. The van der Waals surface area contributed by atoms with Gasteiger partial charge in [-0.15, -0.1) is 0 Å². The third kappa shape index (κ3) is 3.23. The van der Waals surface area contributed by atoms with Crippen molar-refractivity contribution < 1.29 is 0 Å². The molecule has 2 atom stereocenters. The Morgan fingerprint density at radius 1 is 0.636 bits per heavy atom. The third-order valence-corrected chi connectivity index (χ3v) is 7.03. The summed E-state index contributed by atoms with van der Waals surface area (Å²) in [4.78, 5) is 0. The predicted molar refractivity (Wildman–Crippen MR) is 114 cm³/mol. The summed E-state index contributed by atoms with van der Waals surface area (Å²) < 4.78 is 2.60. The Bertz CT molecular complexity index is 558. The fourth-order valence-electron chi connectivity index (χ4n) is 3.46. The highest BCUT2D eigenvalue weighted by atomic mass is 127. The van der Waals surface area contributed by atoms with Crippen molar-refractivity contribution in [1.82, 2.24) is 0 Å². The lowest BCUT2D eigenvalue weighted by Gasteiger charge is -2.47. The van der Waals surface area contributed by atoms with Crippen LogP contribution < -0.4 is 0 Å². The zero-order chi connectivity index (χ0) is 16.4. The molecule has 2 aromatic carbocycles. The number of hydrogen-bond acceptors (Lipinski definition) is 0. The quantitative estimate of drug-likeness (QED) is 0.377. The largest absolute Gasteiger partial charge is 0.0645 e. The number of benzene rings is 2. The topological polar surface area (TPSA) is 0 Å². The van der Waals surface area contributed by atoms with Gasteiger partial charge in [-0.2, -0.15) is 0 Å². The van der Waals surface area contributed by atoms with Gasteiger partial charge in [0, 0.05) is 18.0 Å². The highest BCUT2D eigenvalue weighted by molar-refractivity contribution is 14.1. The van der Waals surface area contributed by atoms with Gasteiger partial charge in [0.15, 0.2) is 0 Å². The van der Waals surface area contributed by atoms with Gasteiger partial charge in [0.25, 0.3) is 0 Å². The Balaban J connectivity index is 2.57. The van der Waals surface area contributed by atoms with Crippen LogP contribution >= 0.6 is 45.2 Å². The average molecular weight is 518 g/mol. The molecule has 2 unspecified atom stereocenters. The lowest BCUT2D eigenvalue weighted by molar-refractivity contribution is 0.234. The fourth-order valence-corrected chi connectivity index (χ4v) is 4.18. The second kappa shape index (κ2) is 7.20. The van der Waals surface area contributed by atoms with Gasteiger partial charge >= 0.3 is 0 Å². The first-order valence-corrected chi connectivity index (χ1v) is 10.0. The van der Waals surface area contributed by atoms with Crippen molar-refractivity contribution in [2.45, 2.75) is 51.4 Å². The summed E-state index contributed by atoms with van der Waals surface area (Å²) in [5.41, 5.74) is 3.13. The van der Waals surface area contributed by atoms with Crippen LogP contribution in [0.3, 0.4) is 0 Å². The minimum atomic E-state index is 0.124. The standard InChI is InChI=1S/C20H24I2/c1-5-19(3,15-7-11-17(21)12-8-15)20(4,6-2)16-9-13-18(22)14-10-16/h7-14H,5-6H2,1-4H3. The molecule has 0 fully saturated rings. The summed E-state index contributed by atoms with van der Waals surface area (Å²) in [6, 6.07) is 18.2. The van der Waals surface area contributed by atoms with Crippen molar-refractivity contribution >= 4 is 45.2 Å². The monoisotopic (exact) mass is 518 g/mol. The molecule has 0 nitrogen and oxygen atoms in total. The molecule has 2 rings (SSSR count). The van der Waals surface area contributed by atoms with E-state index in [1.165, 1.54) is 18.3 Å². The first-order chi connectivity index (χ1) is 10.4. The van der Waals surface area contributed by atoms with Crippen LogP contribution in [0.1, 0.15) is 51.7 Å². The van der Waals surface area contributed by atoms with Gasteiger partial charge in [0.1, 0.15) is 0 Å². The third-order valence-electron chi connectivity index (χ3n) is 5.59. The summed E-state index contributed by atoms with van der Waals surface area (Å²) in [5.74, 6) is 0. The maximum Gasteiger partial charge on any atom is 0.0130 e. The van der Waals surface area contributed by atoms with E-state index < -0.39 is 0 Å². The van der Waals surface area contributed by atoms with E-state index in [2.05, 4.69) is 121 Å². The van der Waals surface area contributed by atoms with Crippen molar-refractivity contribution in [2.75, 3.05) is 0 Å². The van der Waals surface area contributed by atoms with Gasteiger partial charge < -0.3 is 0 Å². The maximum absolute atomic E-state index is 2.43. The number of rotatable bonds is 5. The molecule has 0 saturated carbocycles. The molecule has 0 saturated heterocycles. The zero-order valence-corrected chi connectivity index (χ0v) is 18.1. The Morgan fingerprint density at radius 2 is 0.909 bits per heavy atom. The molecule has 0 aliphatic heterocycles. The highest BCUT2D eigenvalue weighted by Crippen LogP contribution is 2.48. The summed E-state index contributed by atoms with van der Waals surface area (Å²) in [6.07, 6.45) is 2.26. The first-order valence-electron chi connectivity index (χ1n) is 7.89. The van der Waals surface area contributed by atoms with Crippen LogP contribution in [0.15, 0.2) is 48.5 Å². The maximum atomic E-state index is 2.43. The molecule has 0 N–H and O–H groups in total. The molecular formula is C20H24I2. The molecule has 118 valence electrons. The van der Waals surface area contributed by atoms with E-state index in [0.29, 0.717) is 0 Å². The molecular weight excluding hydrogens is 494 g/mol. The van der Waals surface area contributed by atoms with E-state index in [1.54, 1.807) is 0 Å². The minimum absolute atomic E-state index is 0.124. The normalized spacial score (nSPS) is 16.8. The molecule has 0 bridgehead atoms. The second-order valence-electron chi connectivity index (χ2n) is 6.39. The zero-order valence-electron chi connectivity index (χ0n) is 13.8. The van der Waals surface area contributed by atoms with Crippen LogP contribution in [-0.4, -0.2) is 0 Å². The first kappa shape index (κ1) is 18.2. The van der Waals surface area contributed by atoms with E-state index in [0.717, 1.165) is 12.8 Å². The minimum Gasteiger partial charge on any atom is -0.0645 e. The Labute approximate surface area is 162 Å². The summed E-state index contributed by atoms with van der Waals surface area (Å²) in [6.45, 7) is 9.49. The Morgan fingerprint density at radius 3 is 1.14 bits per heavy atom. The molecule has 0 radical (unpaired) electrons. The number of hydrogen-bond donors (Lipinski definition) is 0. The molecule has 0 aliphatic rings. The van der Waals surface area contributed by atoms with Crippen molar-refractivity contribution in [3.8, 4) is 0 Å². The molecule has 2 aromatic rings. The van der Waals surface area contributed by atoms with Crippen molar-refractivity contribution in [3.05, 3.63) is 66.8 Å². The molecule has 0 aliphatic carbocycles. The Kier molecular flexibility index (Phi) is 5.97. The van der Waals surface area contributed by atoms with Crippen LogP contribution in [0.25, 0.3) is 0 Å². The molecule has 0 spiro atoms. The summed E-state index contributed by atoms with van der Waals surface area (Å²) in [5, 5.41) is 0. The van der Waals surface area contributed by atoms with Crippen LogP contribution in [0.2, 0.25) is 0 Å². The van der Waals surface area contributed by atoms with E-state index in [-0.39, 0.29) is 10.8 Å². The smallest absolute Gasteiger partial charge is 0.0130 e. The highest BCUT2D eigenvalue weighted by Gasteiger charge is 2.44. The average Bonchev–Trinajstić information content (AvgIpc) is 2.54. The van der Waals surface area contributed by atoms with Gasteiger partial charge in [-0.3, -0.25) is 0 Å². The van der Waals surface area contributed by atoms with E-state index in [4.69, 9.17) is 0 Å². The Hall–Kier alpha value is -0.100. The molecule has 0 aromatic heterocycles. The van der Waals surface area contributed by atoms with E-state index in [1.807, 2.05) is 0 Å². The van der Waals surface area contributed by atoms with Gasteiger partial charge in [0.2, 0.25) is 0 Å². The second-order valence-corrected chi connectivity index (χ2v) is 8.88. The summed E-state index contributed by atoms with van der Waals surface area (Å²) >= 11 is 4.76. The summed E-state index contributed by atoms with van der Waals surface area (Å²) in [7, 11) is 0. The van der Waals surface area contributed by atoms with E-state index in [9.17, 15) is 0 Å². The van der Waals surface area contributed by atoms with Crippen molar-refractivity contribution in [2.24, 2.45) is 0 Å². The SMILES string of the molecule is CCC(C)(c1ccc(I)cc1)C(C)(CC)c1ccc(I)cc1. The van der Waals surface area contributed by atoms with Gasteiger partial charge in [-0.05, 0) is 93.4 Å². The van der Waals surface area contributed by atoms with Crippen molar-refractivity contribution in [3.63, 3.8) is 0 Å². The molecule has 0 amide bonds. The molecule has 2 heteroatoms. The number of halogens is 2. The fraction of sp³-hybridized carbons (Fsp3) is 0.400. The van der Waals surface area contributed by atoms with Crippen LogP contribution in [0.5, 0.6) is 0 Å². The lowest BCUT2D eigenvalue weighted by atomic mass is 9.56. The van der Waals surface area contributed by atoms with Gasteiger partial charge in [0.05, 0.1) is 0 Å². The van der Waals surface area contributed by atoms with Crippen molar-refractivity contribution in [1.29, 1.82) is 0 Å². The van der Waals surface area contributed by atoms with Gasteiger partial charge in [-0.25, -0.2) is 0 Å². The van der Waals surface area contributed by atoms with Crippen LogP contribution in [0, 0.1) is 7.14 Å². The van der Waals surface area contributed by atoms with Crippen LogP contribution in [0.4, 0.5) is 0 Å². The van der Waals surface area contributed by atoms with Crippen LogP contribution in [-0.2, 0) is 10.8 Å². The lowest BCUT2D eigenvalue weighted by Crippen LogP contribution is -2.44. The molecule has 0 heterocycles. The van der Waals surface area contributed by atoms with Gasteiger partial charge in [-0.1, -0.05) is 52.0 Å². The van der Waals surface area contributed by atoms with E-state index >= 15 is 0 Å².